The normalized spacial score (nSPS) is 36.1. The molecule has 0 spiro atoms. The second-order valence-corrected chi connectivity index (χ2v) is 24.5. The summed E-state index contributed by atoms with van der Waals surface area (Å²) in [6.45, 7) is 18.9. The molecule has 8 atom stereocenters. The number of hydrogen-bond acceptors (Lipinski definition) is 10. The zero-order chi connectivity index (χ0) is 30.1. The van der Waals surface area contributed by atoms with Crippen LogP contribution in [0.15, 0.2) is 23.3 Å². The van der Waals surface area contributed by atoms with Gasteiger partial charge in [-0.25, -0.2) is 9.37 Å². The molecule has 1 saturated carbocycles. The molecule has 3 N–H and O–H groups in total. The largest absolute Gasteiger partial charge is 0.408 e. The molecule has 2 aromatic heterocycles. The van der Waals surface area contributed by atoms with E-state index in [0.29, 0.717) is 5.92 Å². The van der Waals surface area contributed by atoms with Crippen LogP contribution in [0, 0.1) is 5.92 Å². The van der Waals surface area contributed by atoms with Crippen LogP contribution < -0.4 is 11.3 Å². The van der Waals surface area contributed by atoms with Gasteiger partial charge in [-0.3, -0.25) is 14.3 Å². The lowest BCUT2D eigenvalue weighted by Gasteiger charge is -2.39. The molecule has 1 aliphatic carbocycles. The lowest BCUT2D eigenvalue weighted by Crippen LogP contribution is -2.49. The van der Waals surface area contributed by atoms with E-state index >= 15 is 4.39 Å². The zero-order valence-electron chi connectivity index (χ0n) is 24.7. The number of ether oxygens (including phenoxy) is 1. The number of aromatic amines is 1. The number of anilines is 1. The number of aromatic nitrogens is 4. The standard InChI is InChI=1S/C26H41FN5O5PS2Si/c1-14(2)15-9-10-26(6)17(11-15)36-38(39,40-26)34-12-16-20(37-41(7,8)25(3,4)5)18(27)23(35-16)32-13-29-19-21(32)30-24(28)31-22(19)33/h13,15-18,20,23H,1,9-12H2,2-8H3,(H3,28,30,31,33)/t15-,16+,17+,18+,20+,23+,26+,38+/m0/s1. The topological polar surface area (TPSA) is 127 Å². The van der Waals surface area contributed by atoms with E-state index in [4.69, 9.17) is 35.8 Å². The first kappa shape index (κ1) is 31.3. The van der Waals surface area contributed by atoms with Crippen LogP contribution in [0.4, 0.5) is 10.3 Å². The summed E-state index contributed by atoms with van der Waals surface area (Å²) in [5.74, 6) is 0.312. The second kappa shape index (κ2) is 10.8. The van der Waals surface area contributed by atoms with Gasteiger partial charge >= 0.3 is 0 Å². The molecule has 0 bridgehead atoms. The molecule has 2 saturated heterocycles. The molecule has 2 aliphatic heterocycles. The van der Waals surface area contributed by atoms with E-state index in [-0.39, 0.29) is 39.6 Å². The molecular weight excluding hydrogens is 605 g/mol. The zero-order valence-corrected chi connectivity index (χ0v) is 28.2. The first-order valence-corrected chi connectivity index (χ1v) is 20.9. The van der Waals surface area contributed by atoms with Crippen LogP contribution in [-0.2, 0) is 30.0 Å². The number of allylic oxidation sites excluding steroid dienone is 1. The Morgan fingerprint density at radius 2 is 2.17 bits per heavy atom. The van der Waals surface area contributed by atoms with Crippen LogP contribution in [0.3, 0.4) is 0 Å². The third-order valence-electron chi connectivity index (χ3n) is 9.07. The van der Waals surface area contributed by atoms with Crippen LogP contribution in [0.1, 0.15) is 60.1 Å². The van der Waals surface area contributed by atoms with Gasteiger partial charge in [-0.15, -0.1) is 0 Å². The summed E-state index contributed by atoms with van der Waals surface area (Å²) in [5.41, 5.74) is 3.89. The predicted molar refractivity (Wildman–Crippen MR) is 167 cm³/mol. The van der Waals surface area contributed by atoms with Gasteiger partial charge in [-0.1, -0.05) is 44.3 Å². The number of nitrogens with one attached hydrogen (secondary N) is 1. The first-order chi connectivity index (χ1) is 18.9. The molecular formula is C26H41FN5O5PS2Si. The van der Waals surface area contributed by atoms with E-state index in [2.05, 4.69) is 69.2 Å². The van der Waals surface area contributed by atoms with Gasteiger partial charge in [0.05, 0.1) is 19.0 Å². The summed E-state index contributed by atoms with van der Waals surface area (Å²) in [7, 11) is -2.43. The molecule has 0 unspecified atom stereocenters. The van der Waals surface area contributed by atoms with Crippen LogP contribution in [-0.4, -0.2) is 63.7 Å². The monoisotopic (exact) mass is 645 g/mol. The maximum atomic E-state index is 16.4. The molecule has 41 heavy (non-hydrogen) atoms. The van der Waals surface area contributed by atoms with Crippen LogP contribution >= 0.6 is 17.1 Å². The molecule has 0 amide bonds. The fraction of sp³-hybridized carbons (Fsp3) is 0.731. The Kier molecular flexibility index (Phi) is 8.24. The molecule has 15 heteroatoms. The maximum Gasteiger partial charge on any atom is 0.280 e. The van der Waals surface area contributed by atoms with Crippen molar-refractivity contribution >= 4 is 54.3 Å². The van der Waals surface area contributed by atoms with Crippen LogP contribution in [0.5, 0.6) is 0 Å². The minimum absolute atomic E-state index is 0.00990. The summed E-state index contributed by atoms with van der Waals surface area (Å²) < 4.78 is 43.4. The number of H-pyrrole nitrogens is 1. The Hall–Kier alpha value is -1.12. The molecule has 2 aromatic rings. The van der Waals surface area contributed by atoms with E-state index in [1.54, 1.807) is 11.4 Å². The van der Waals surface area contributed by atoms with Crippen LogP contribution in [0.25, 0.3) is 11.2 Å². The van der Waals surface area contributed by atoms with Crippen molar-refractivity contribution in [3.63, 3.8) is 0 Å². The lowest BCUT2D eigenvalue weighted by molar-refractivity contribution is -0.0405. The van der Waals surface area contributed by atoms with Gasteiger partial charge in [0.2, 0.25) is 11.6 Å². The van der Waals surface area contributed by atoms with Crippen molar-refractivity contribution in [3.05, 3.63) is 28.8 Å². The highest BCUT2D eigenvalue weighted by Gasteiger charge is 2.55. The smallest absolute Gasteiger partial charge is 0.280 e. The number of halogens is 1. The summed E-state index contributed by atoms with van der Waals surface area (Å²) in [4.78, 5) is 23.1. The van der Waals surface area contributed by atoms with E-state index < -0.39 is 44.2 Å². The quantitative estimate of drug-likeness (QED) is 0.216. The van der Waals surface area contributed by atoms with E-state index in [1.807, 2.05) is 0 Å². The van der Waals surface area contributed by atoms with Crippen molar-refractivity contribution in [2.45, 2.75) is 107 Å². The number of nitrogen functional groups attached to an aromatic ring is 1. The summed E-state index contributed by atoms with van der Waals surface area (Å²) >= 11 is 7.59. The number of rotatable bonds is 7. The molecule has 4 heterocycles. The highest BCUT2D eigenvalue weighted by Crippen LogP contribution is 2.75. The molecule has 0 aromatic carbocycles. The molecule has 3 aliphatic rings. The second-order valence-electron chi connectivity index (χ2n) is 13.2. The maximum absolute atomic E-state index is 16.4. The lowest BCUT2D eigenvalue weighted by atomic mass is 9.77. The van der Waals surface area contributed by atoms with Gasteiger partial charge in [-0.2, -0.15) is 4.98 Å². The van der Waals surface area contributed by atoms with Crippen molar-refractivity contribution in [3.8, 4) is 0 Å². The van der Waals surface area contributed by atoms with Crippen molar-refractivity contribution in [1.29, 1.82) is 0 Å². The number of hydrogen-bond donors (Lipinski definition) is 2. The number of nitrogens with zero attached hydrogens (tertiary/aromatic N) is 3. The van der Waals surface area contributed by atoms with Gasteiger partial charge in [0.25, 0.3) is 5.56 Å². The first-order valence-electron chi connectivity index (χ1n) is 13.9. The SMILES string of the molecule is C=C(C)[C@H]1CC[C@@]2(C)S[P@](=S)(OC[C@H]3O[C@@H](n4cnc5c(=O)[nH]c(N)nc54)[C@H](F)[C@@H]3O[Si](C)(C)C(C)(C)C)O[C@@H]2C1. The molecule has 10 nitrogen and oxygen atoms in total. The van der Waals surface area contributed by atoms with Crippen molar-refractivity contribution in [2.75, 3.05) is 12.3 Å². The Morgan fingerprint density at radius 1 is 1.46 bits per heavy atom. The molecule has 5 rings (SSSR count). The summed E-state index contributed by atoms with van der Waals surface area (Å²) in [6.07, 6.45) is -0.237. The fourth-order valence-corrected chi connectivity index (χ4v) is 13.9. The highest BCUT2D eigenvalue weighted by molar-refractivity contribution is 8.68. The highest BCUT2D eigenvalue weighted by atomic mass is 32.9. The van der Waals surface area contributed by atoms with Gasteiger partial charge in [0.15, 0.2) is 31.9 Å². The minimum Gasteiger partial charge on any atom is -0.408 e. The number of imidazole rings is 1. The predicted octanol–water partition coefficient (Wildman–Crippen LogP) is 5.84. The Labute approximate surface area is 250 Å². The molecule has 3 fully saturated rings. The molecule has 228 valence electrons. The summed E-state index contributed by atoms with van der Waals surface area (Å²) in [6, 6.07) is 0. The van der Waals surface area contributed by atoms with E-state index in [0.717, 1.165) is 24.8 Å². The van der Waals surface area contributed by atoms with Crippen LogP contribution in [0.2, 0.25) is 18.1 Å². The fourth-order valence-electron chi connectivity index (χ4n) is 5.45. The third kappa shape index (κ3) is 5.87. The minimum atomic E-state index is -2.73. The third-order valence-corrected chi connectivity index (χ3v) is 19.4. The average Bonchev–Trinajstić information content (AvgIpc) is 3.48. The van der Waals surface area contributed by atoms with Crippen molar-refractivity contribution in [1.82, 2.24) is 19.5 Å². The summed E-state index contributed by atoms with van der Waals surface area (Å²) in [5, 5.41) is -0.165. The van der Waals surface area contributed by atoms with Gasteiger partial charge in [0, 0.05) is 4.75 Å². The van der Waals surface area contributed by atoms with Crippen molar-refractivity contribution < 1.29 is 22.6 Å². The van der Waals surface area contributed by atoms with E-state index in [1.165, 1.54) is 10.9 Å². The van der Waals surface area contributed by atoms with Gasteiger partial charge in [-0.05, 0) is 69.0 Å². The average molecular weight is 646 g/mol. The molecule has 0 radical (unpaired) electrons. The van der Waals surface area contributed by atoms with E-state index in [9.17, 15) is 4.79 Å². The van der Waals surface area contributed by atoms with Crippen molar-refractivity contribution in [2.24, 2.45) is 5.92 Å². The number of alkyl halides is 1. The Morgan fingerprint density at radius 3 is 2.83 bits per heavy atom. The Balaban J connectivity index is 1.40. The van der Waals surface area contributed by atoms with Gasteiger partial charge < -0.3 is 23.9 Å². The number of fused-ring (bicyclic) bond motifs is 2. The Bertz CT molecular complexity index is 1450. The number of nitrogens with two attached hydrogens (primary N) is 1. The van der Waals surface area contributed by atoms with Gasteiger partial charge in [0.1, 0.15) is 12.2 Å².